The van der Waals surface area contributed by atoms with Gasteiger partial charge in [0, 0.05) is 32.2 Å². The minimum atomic E-state index is 0.288. The fourth-order valence-electron chi connectivity index (χ4n) is 3.29. The van der Waals surface area contributed by atoms with Crippen molar-refractivity contribution < 1.29 is 4.79 Å². The number of nitrogens with one attached hydrogen (secondary N) is 1. The Morgan fingerprint density at radius 1 is 1.06 bits per heavy atom. The fourth-order valence-corrected chi connectivity index (χ4v) is 3.29. The summed E-state index contributed by atoms with van der Waals surface area (Å²) in [7, 11) is 0. The van der Waals surface area contributed by atoms with Crippen molar-refractivity contribution in [2.45, 2.75) is 31.7 Å². The van der Waals surface area contributed by atoms with Crippen molar-refractivity contribution >= 4 is 6.03 Å². The van der Waals surface area contributed by atoms with Gasteiger partial charge in [-0.1, -0.05) is 0 Å². The predicted molar refractivity (Wildman–Crippen MR) is 62.3 cm³/mol. The number of hydrogen-bond acceptors (Lipinski definition) is 2. The molecule has 0 saturated carbocycles. The number of piperidine rings is 1. The Kier molecular flexibility index (Phi) is 2.75. The molecule has 3 rings (SSSR count). The molecule has 3 heterocycles. The van der Waals surface area contributed by atoms with Crippen molar-refractivity contribution in [3.8, 4) is 0 Å². The number of urea groups is 1. The first-order chi connectivity index (χ1) is 7.84. The highest BCUT2D eigenvalue weighted by atomic mass is 16.2. The fraction of sp³-hybridized carbons (Fsp3) is 0.917. The number of amides is 2. The van der Waals surface area contributed by atoms with Crippen LogP contribution in [0.2, 0.25) is 0 Å². The maximum Gasteiger partial charge on any atom is 0.320 e. The molecule has 3 saturated heterocycles. The van der Waals surface area contributed by atoms with E-state index in [1.165, 1.54) is 25.7 Å². The van der Waals surface area contributed by atoms with Crippen LogP contribution in [0, 0.1) is 5.92 Å². The normalized spacial score (nSPS) is 34.2. The molecule has 0 aromatic heterocycles. The molecule has 0 bridgehead atoms. The number of fused-ring (bicyclic) bond motifs is 1. The highest BCUT2D eigenvalue weighted by Crippen LogP contribution is 2.25. The van der Waals surface area contributed by atoms with Crippen molar-refractivity contribution in [3.63, 3.8) is 0 Å². The lowest BCUT2D eigenvalue weighted by atomic mass is 10.1. The van der Waals surface area contributed by atoms with Crippen LogP contribution in [0.4, 0.5) is 4.79 Å². The Balaban J connectivity index is 1.59. The third kappa shape index (κ3) is 1.79. The van der Waals surface area contributed by atoms with Gasteiger partial charge in [0.15, 0.2) is 0 Å². The maximum absolute atomic E-state index is 12.3. The third-order valence-corrected chi connectivity index (χ3v) is 4.26. The highest BCUT2D eigenvalue weighted by Gasteiger charge is 2.39. The molecule has 0 radical (unpaired) electrons. The van der Waals surface area contributed by atoms with Crippen LogP contribution >= 0.6 is 0 Å². The SMILES string of the molecule is O=C(N1CCCCC1)N1C[C@@H]2CCN[C@@H]2C1. The molecule has 0 aromatic carbocycles. The van der Waals surface area contributed by atoms with Crippen molar-refractivity contribution in [1.82, 2.24) is 15.1 Å². The molecule has 1 N–H and O–H groups in total. The maximum atomic E-state index is 12.3. The number of nitrogens with zero attached hydrogens (tertiary/aromatic N) is 2. The summed E-state index contributed by atoms with van der Waals surface area (Å²) in [5.74, 6) is 0.716. The van der Waals surface area contributed by atoms with Crippen LogP contribution in [0.5, 0.6) is 0 Å². The summed E-state index contributed by atoms with van der Waals surface area (Å²) in [5.41, 5.74) is 0. The van der Waals surface area contributed by atoms with E-state index in [1.807, 2.05) is 4.90 Å². The summed E-state index contributed by atoms with van der Waals surface area (Å²) in [6.45, 7) is 4.99. The molecule has 2 atom stereocenters. The standard InChI is InChI=1S/C12H21N3O/c16-12(14-6-2-1-3-7-14)15-8-10-4-5-13-11(10)9-15/h10-11,13H,1-9H2/t10-,11+/m0/s1. The quantitative estimate of drug-likeness (QED) is 0.662. The smallest absolute Gasteiger partial charge is 0.320 e. The van der Waals surface area contributed by atoms with E-state index in [0.29, 0.717) is 12.0 Å². The second-order valence-corrected chi connectivity index (χ2v) is 5.34. The number of rotatable bonds is 0. The van der Waals surface area contributed by atoms with E-state index < -0.39 is 0 Å². The van der Waals surface area contributed by atoms with E-state index in [0.717, 1.165) is 32.7 Å². The van der Waals surface area contributed by atoms with Crippen LogP contribution in [0.1, 0.15) is 25.7 Å². The second kappa shape index (κ2) is 4.24. The molecule has 3 aliphatic rings. The van der Waals surface area contributed by atoms with Crippen molar-refractivity contribution in [2.24, 2.45) is 5.92 Å². The zero-order valence-electron chi connectivity index (χ0n) is 9.82. The van der Waals surface area contributed by atoms with Gasteiger partial charge in [0.25, 0.3) is 0 Å². The first-order valence-corrected chi connectivity index (χ1v) is 6.62. The molecule has 0 unspecified atom stereocenters. The van der Waals surface area contributed by atoms with Crippen LogP contribution in [0.15, 0.2) is 0 Å². The van der Waals surface area contributed by atoms with E-state index in [4.69, 9.17) is 0 Å². The predicted octanol–water partition coefficient (Wildman–Crippen LogP) is 0.886. The molecule has 2 amide bonds. The lowest BCUT2D eigenvalue weighted by molar-refractivity contribution is 0.150. The van der Waals surface area contributed by atoms with Crippen LogP contribution in [0.25, 0.3) is 0 Å². The van der Waals surface area contributed by atoms with Crippen LogP contribution in [-0.4, -0.2) is 54.6 Å². The highest BCUT2D eigenvalue weighted by molar-refractivity contribution is 5.75. The van der Waals surface area contributed by atoms with Gasteiger partial charge < -0.3 is 15.1 Å². The topological polar surface area (TPSA) is 35.6 Å². The first kappa shape index (κ1) is 10.4. The average Bonchev–Trinajstić information content (AvgIpc) is 2.89. The first-order valence-electron chi connectivity index (χ1n) is 6.62. The Morgan fingerprint density at radius 3 is 2.62 bits per heavy atom. The molecule has 0 spiro atoms. The summed E-state index contributed by atoms with van der Waals surface area (Å²) in [6.07, 6.45) is 4.90. The summed E-state index contributed by atoms with van der Waals surface area (Å²) in [4.78, 5) is 16.4. The molecule has 16 heavy (non-hydrogen) atoms. The average molecular weight is 223 g/mol. The zero-order valence-corrected chi connectivity index (χ0v) is 9.82. The second-order valence-electron chi connectivity index (χ2n) is 5.34. The number of hydrogen-bond donors (Lipinski definition) is 1. The molecule has 4 nitrogen and oxygen atoms in total. The molecule has 4 heteroatoms. The van der Waals surface area contributed by atoms with E-state index in [-0.39, 0.29) is 6.03 Å². The van der Waals surface area contributed by atoms with E-state index >= 15 is 0 Å². The zero-order chi connectivity index (χ0) is 11.0. The Morgan fingerprint density at radius 2 is 1.88 bits per heavy atom. The monoisotopic (exact) mass is 223 g/mol. The van der Waals surface area contributed by atoms with Crippen molar-refractivity contribution in [1.29, 1.82) is 0 Å². The van der Waals surface area contributed by atoms with E-state index in [9.17, 15) is 4.79 Å². The van der Waals surface area contributed by atoms with Gasteiger partial charge >= 0.3 is 6.03 Å². The number of carbonyl (C=O) groups excluding carboxylic acids is 1. The lowest BCUT2D eigenvalue weighted by Gasteiger charge is -2.31. The summed E-state index contributed by atoms with van der Waals surface area (Å²) >= 11 is 0. The Labute approximate surface area is 97.0 Å². The molecular weight excluding hydrogens is 202 g/mol. The largest absolute Gasteiger partial charge is 0.325 e. The molecular formula is C12H21N3O. The third-order valence-electron chi connectivity index (χ3n) is 4.26. The Bertz CT molecular complexity index is 263. The molecule has 3 fully saturated rings. The van der Waals surface area contributed by atoms with Gasteiger partial charge in [-0.3, -0.25) is 0 Å². The minimum absolute atomic E-state index is 0.288. The van der Waals surface area contributed by atoms with Gasteiger partial charge in [0.05, 0.1) is 0 Å². The Hall–Kier alpha value is -0.770. The number of carbonyl (C=O) groups is 1. The van der Waals surface area contributed by atoms with Gasteiger partial charge in [-0.2, -0.15) is 0 Å². The van der Waals surface area contributed by atoms with Crippen LogP contribution in [0.3, 0.4) is 0 Å². The molecule has 0 aliphatic carbocycles. The molecule has 90 valence electrons. The van der Waals surface area contributed by atoms with Crippen LogP contribution < -0.4 is 5.32 Å². The summed E-state index contributed by atoms with van der Waals surface area (Å²) < 4.78 is 0. The van der Waals surface area contributed by atoms with Gasteiger partial charge in [-0.15, -0.1) is 0 Å². The summed E-state index contributed by atoms with van der Waals surface area (Å²) in [5, 5.41) is 3.49. The van der Waals surface area contributed by atoms with E-state index in [1.54, 1.807) is 0 Å². The van der Waals surface area contributed by atoms with Gasteiger partial charge in [-0.25, -0.2) is 4.79 Å². The summed E-state index contributed by atoms with van der Waals surface area (Å²) in [6, 6.07) is 0.865. The van der Waals surface area contributed by atoms with Gasteiger partial charge in [0.2, 0.25) is 0 Å². The van der Waals surface area contributed by atoms with Crippen molar-refractivity contribution in [2.75, 3.05) is 32.7 Å². The molecule has 0 aromatic rings. The number of likely N-dealkylation sites (tertiary alicyclic amines) is 2. The lowest BCUT2D eigenvalue weighted by Crippen LogP contribution is -2.45. The van der Waals surface area contributed by atoms with Gasteiger partial charge in [0.1, 0.15) is 0 Å². The van der Waals surface area contributed by atoms with Gasteiger partial charge in [-0.05, 0) is 38.1 Å². The van der Waals surface area contributed by atoms with Crippen LogP contribution in [-0.2, 0) is 0 Å². The molecule has 3 aliphatic heterocycles. The van der Waals surface area contributed by atoms with E-state index in [2.05, 4.69) is 10.2 Å². The van der Waals surface area contributed by atoms with Crippen molar-refractivity contribution in [3.05, 3.63) is 0 Å². The minimum Gasteiger partial charge on any atom is -0.325 e.